The molecule has 0 atom stereocenters. The van der Waals surface area contributed by atoms with Crippen molar-refractivity contribution in [3.63, 3.8) is 0 Å². The molecule has 5 heteroatoms. The van der Waals surface area contributed by atoms with Gasteiger partial charge in [-0.2, -0.15) is 0 Å². The summed E-state index contributed by atoms with van der Waals surface area (Å²) in [4.78, 5) is 0. The summed E-state index contributed by atoms with van der Waals surface area (Å²) >= 11 is 0. The number of aryl methyl sites for hydroxylation is 1. The van der Waals surface area contributed by atoms with Gasteiger partial charge in [-0.15, -0.1) is 0 Å². The Balaban J connectivity index is 2.33. The van der Waals surface area contributed by atoms with E-state index in [1.54, 1.807) is 0 Å². The lowest BCUT2D eigenvalue weighted by molar-refractivity contribution is 0.486. The summed E-state index contributed by atoms with van der Waals surface area (Å²) < 4.78 is 28.5. The molecule has 1 aliphatic rings. The van der Waals surface area contributed by atoms with E-state index in [4.69, 9.17) is 10.2 Å². The van der Waals surface area contributed by atoms with E-state index in [1.807, 2.05) is 6.92 Å². The number of rotatable bonds is 3. The molecule has 0 unspecified atom stereocenters. The van der Waals surface area contributed by atoms with Crippen LogP contribution in [0.1, 0.15) is 29.1 Å². The van der Waals surface area contributed by atoms with E-state index in [-0.39, 0.29) is 11.5 Å². The Labute approximate surface area is 95.7 Å². The molecule has 0 bridgehead atoms. The van der Waals surface area contributed by atoms with Crippen LogP contribution in [0.5, 0.6) is 0 Å². The molecule has 0 aromatic carbocycles. The van der Waals surface area contributed by atoms with E-state index in [2.05, 4.69) is 0 Å². The van der Waals surface area contributed by atoms with E-state index in [1.165, 1.54) is 5.56 Å². The van der Waals surface area contributed by atoms with Crippen LogP contribution in [0, 0.1) is 6.92 Å². The van der Waals surface area contributed by atoms with E-state index < -0.39 is 9.84 Å². The van der Waals surface area contributed by atoms with Gasteiger partial charge in [0, 0.05) is 0 Å². The predicted molar refractivity (Wildman–Crippen MR) is 62.0 cm³/mol. The Morgan fingerprint density at radius 3 is 2.88 bits per heavy atom. The molecule has 90 valence electrons. The SMILES string of the molecule is Cc1oc2c(c1CCCN)CCS(=O)(=O)C2. The van der Waals surface area contributed by atoms with Crippen LogP contribution < -0.4 is 5.73 Å². The van der Waals surface area contributed by atoms with Crippen LogP contribution >= 0.6 is 0 Å². The van der Waals surface area contributed by atoms with Gasteiger partial charge in [0.2, 0.25) is 0 Å². The highest BCUT2D eigenvalue weighted by Gasteiger charge is 2.27. The molecule has 2 rings (SSSR count). The molecule has 0 saturated heterocycles. The molecule has 0 radical (unpaired) electrons. The van der Waals surface area contributed by atoms with Crippen molar-refractivity contribution in [3.8, 4) is 0 Å². The van der Waals surface area contributed by atoms with Gasteiger partial charge in [0.15, 0.2) is 9.84 Å². The van der Waals surface area contributed by atoms with Crippen molar-refractivity contribution in [2.75, 3.05) is 12.3 Å². The summed E-state index contributed by atoms with van der Waals surface area (Å²) in [6.07, 6.45) is 2.40. The quantitative estimate of drug-likeness (QED) is 0.857. The third-order valence-electron chi connectivity index (χ3n) is 3.05. The Hall–Kier alpha value is -0.810. The fourth-order valence-corrected chi connectivity index (χ4v) is 3.52. The molecule has 4 nitrogen and oxygen atoms in total. The van der Waals surface area contributed by atoms with Gasteiger partial charge in [0.25, 0.3) is 0 Å². The number of nitrogens with two attached hydrogens (primary N) is 1. The van der Waals surface area contributed by atoms with Gasteiger partial charge in [0.05, 0.1) is 5.75 Å². The molecule has 0 aliphatic carbocycles. The van der Waals surface area contributed by atoms with Crippen LogP contribution in [0.3, 0.4) is 0 Å². The maximum atomic E-state index is 11.5. The van der Waals surface area contributed by atoms with Gasteiger partial charge in [-0.3, -0.25) is 0 Å². The van der Waals surface area contributed by atoms with E-state index in [0.29, 0.717) is 18.7 Å². The molecule has 0 amide bonds. The van der Waals surface area contributed by atoms with Gasteiger partial charge in [-0.25, -0.2) is 8.42 Å². The van der Waals surface area contributed by atoms with Gasteiger partial charge >= 0.3 is 0 Å². The van der Waals surface area contributed by atoms with Gasteiger partial charge in [-0.05, 0) is 43.9 Å². The molecule has 1 aromatic rings. The highest BCUT2D eigenvalue weighted by Crippen LogP contribution is 2.29. The largest absolute Gasteiger partial charge is 0.465 e. The number of sulfone groups is 1. The van der Waals surface area contributed by atoms with E-state index in [0.717, 1.165) is 24.2 Å². The third-order valence-corrected chi connectivity index (χ3v) is 4.58. The summed E-state index contributed by atoms with van der Waals surface area (Å²) in [6, 6.07) is 0. The normalized spacial score (nSPS) is 18.4. The fraction of sp³-hybridized carbons (Fsp3) is 0.636. The molecular weight excluding hydrogens is 226 g/mol. The van der Waals surface area contributed by atoms with Crippen LogP contribution in [0.2, 0.25) is 0 Å². The molecule has 0 fully saturated rings. The van der Waals surface area contributed by atoms with Crippen molar-refractivity contribution in [1.82, 2.24) is 0 Å². The summed E-state index contributed by atoms with van der Waals surface area (Å²) in [5.41, 5.74) is 7.78. The number of fused-ring (bicyclic) bond motifs is 1. The van der Waals surface area contributed by atoms with Crippen molar-refractivity contribution in [2.24, 2.45) is 5.73 Å². The van der Waals surface area contributed by atoms with Crippen molar-refractivity contribution in [3.05, 3.63) is 22.6 Å². The molecule has 2 heterocycles. The molecule has 0 spiro atoms. The van der Waals surface area contributed by atoms with E-state index in [9.17, 15) is 8.42 Å². The van der Waals surface area contributed by atoms with Gasteiger partial charge < -0.3 is 10.2 Å². The van der Waals surface area contributed by atoms with E-state index >= 15 is 0 Å². The molecular formula is C11H17NO3S. The third kappa shape index (κ3) is 2.15. The molecule has 16 heavy (non-hydrogen) atoms. The second kappa shape index (κ2) is 4.22. The maximum Gasteiger partial charge on any atom is 0.157 e. The van der Waals surface area contributed by atoms with Crippen molar-refractivity contribution in [1.29, 1.82) is 0 Å². The lowest BCUT2D eigenvalue weighted by atomic mass is 10.0. The zero-order chi connectivity index (χ0) is 11.8. The Kier molecular flexibility index (Phi) is 3.08. The average molecular weight is 243 g/mol. The number of furan rings is 1. The standard InChI is InChI=1S/C11H17NO3S/c1-8-9(3-2-5-12)10-4-6-16(13,14)7-11(10)15-8/h2-7,12H2,1H3. The number of hydrogen-bond acceptors (Lipinski definition) is 4. The van der Waals surface area contributed by atoms with Crippen molar-refractivity contribution < 1.29 is 12.8 Å². The average Bonchev–Trinajstić information content (AvgIpc) is 2.48. The van der Waals surface area contributed by atoms with Gasteiger partial charge in [-0.1, -0.05) is 0 Å². The molecule has 2 N–H and O–H groups in total. The highest BCUT2D eigenvalue weighted by atomic mass is 32.2. The second-order valence-electron chi connectivity index (χ2n) is 4.27. The second-order valence-corrected chi connectivity index (χ2v) is 6.46. The Morgan fingerprint density at radius 1 is 1.44 bits per heavy atom. The van der Waals surface area contributed by atoms with Crippen LogP contribution in [0.4, 0.5) is 0 Å². The minimum absolute atomic E-state index is 0.0613. The first-order chi connectivity index (χ1) is 7.53. The first kappa shape index (κ1) is 11.7. The Bertz CT molecular complexity index is 488. The monoisotopic (exact) mass is 243 g/mol. The summed E-state index contributed by atoms with van der Waals surface area (Å²) in [7, 11) is -2.94. The lowest BCUT2D eigenvalue weighted by Gasteiger charge is -2.11. The van der Waals surface area contributed by atoms with Crippen LogP contribution in [-0.4, -0.2) is 20.7 Å². The maximum absolute atomic E-state index is 11.5. The summed E-state index contributed by atoms with van der Waals surface area (Å²) in [6.45, 7) is 2.55. The summed E-state index contributed by atoms with van der Waals surface area (Å²) in [5.74, 6) is 1.81. The minimum atomic E-state index is -2.94. The topological polar surface area (TPSA) is 73.3 Å². The first-order valence-corrected chi connectivity index (χ1v) is 7.36. The highest BCUT2D eigenvalue weighted by molar-refractivity contribution is 7.90. The predicted octanol–water partition coefficient (Wildman–Crippen LogP) is 0.950. The molecule has 1 aromatic heterocycles. The Morgan fingerprint density at radius 2 is 2.19 bits per heavy atom. The minimum Gasteiger partial charge on any atom is -0.465 e. The molecule has 1 aliphatic heterocycles. The lowest BCUT2D eigenvalue weighted by Crippen LogP contribution is -2.18. The number of hydrogen-bond donors (Lipinski definition) is 1. The van der Waals surface area contributed by atoms with Gasteiger partial charge in [0.1, 0.15) is 17.3 Å². The molecule has 0 saturated carbocycles. The smallest absolute Gasteiger partial charge is 0.157 e. The van der Waals surface area contributed by atoms with Crippen molar-refractivity contribution in [2.45, 2.75) is 31.9 Å². The zero-order valence-electron chi connectivity index (χ0n) is 9.45. The fourth-order valence-electron chi connectivity index (χ4n) is 2.23. The van der Waals surface area contributed by atoms with Crippen LogP contribution in [0.15, 0.2) is 4.42 Å². The van der Waals surface area contributed by atoms with Crippen LogP contribution in [-0.2, 0) is 28.4 Å². The van der Waals surface area contributed by atoms with Crippen LogP contribution in [0.25, 0.3) is 0 Å². The summed E-state index contributed by atoms with van der Waals surface area (Å²) in [5, 5.41) is 0. The first-order valence-electron chi connectivity index (χ1n) is 5.54. The zero-order valence-corrected chi connectivity index (χ0v) is 10.3. The van der Waals surface area contributed by atoms with Crippen molar-refractivity contribution >= 4 is 9.84 Å².